The van der Waals surface area contributed by atoms with Gasteiger partial charge >= 0.3 is 0 Å². The summed E-state index contributed by atoms with van der Waals surface area (Å²) in [5.74, 6) is 0.0991. The molecule has 0 amide bonds. The van der Waals surface area contributed by atoms with Crippen LogP contribution in [0.2, 0.25) is 0 Å². The third kappa shape index (κ3) is 5.13. The second-order valence-electron chi connectivity index (χ2n) is 4.19. The molecule has 0 spiro atoms. The van der Waals surface area contributed by atoms with Crippen LogP contribution in [-0.4, -0.2) is 39.0 Å². The maximum Gasteiger partial charge on any atom is 0.178 e. The van der Waals surface area contributed by atoms with Crippen molar-refractivity contribution in [3.05, 3.63) is 24.3 Å². The van der Waals surface area contributed by atoms with Gasteiger partial charge in [-0.3, -0.25) is 0 Å². The van der Waals surface area contributed by atoms with Crippen LogP contribution in [0.5, 0.6) is 0 Å². The Labute approximate surface area is 137 Å². The molecule has 0 aromatic heterocycles. The van der Waals surface area contributed by atoms with Crippen molar-refractivity contribution in [1.29, 1.82) is 0 Å². The number of alkyl halides is 2. The van der Waals surface area contributed by atoms with Gasteiger partial charge in [0.2, 0.25) is 0 Å². The van der Waals surface area contributed by atoms with Crippen molar-refractivity contribution in [2.24, 2.45) is 0 Å². The average Bonchev–Trinajstić information content (AvgIpc) is 2.43. The maximum atomic E-state index is 11.9. The summed E-state index contributed by atoms with van der Waals surface area (Å²) in [6, 6.07) is 5.46. The fourth-order valence-electron chi connectivity index (χ4n) is 1.58. The Kier molecular flexibility index (Phi) is 7.17. The molecule has 114 valence electrons. The van der Waals surface area contributed by atoms with Gasteiger partial charge in [0.05, 0.1) is 21.3 Å². The normalized spacial score (nSPS) is 12.5. The highest BCUT2D eigenvalue weighted by molar-refractivity contribution is 9.09. The summed E-state index contributed by atoms with van der Waals surface area (Å²) in [6.45, 7) is 0. The van der Waals surface area contributed by atoms with Crippen LogP contribution in [0.1, 0.15) is 12.8 Å². The SMILES string of the molecule is O=S(=O)(CCCBr)c1ccc(S(=O)(=O)CCCBr)cc1. The molecule has 0 bridgehead atoms. The average molecular weight is 448 g/mol. The lowest BCUT2D eigenvalue weighted by molar-refractivity contribution is 0.591. The molecule has 1 rings (SSSR count). The van der Waals surface area contributed by atoms with E-state index < -0.39 is 19.7 Å². The van der Waals surface area contributed by atoms with E-state index in [2.05, 4.69) is 31.9 Å². The third-order valence-electron chi connectivity index (χ3n) is 2.64. The van der Waals surface area contributed by atoms with Crippen molar-refractivity contribution in [3.63, 3.8) is 0 Å². The predicted octanol–water partition coefficient (Wildman–Crippen LogP) is 2.80. The summed E-state index contributed by atoms with van der Waals surface area (Å²) in [4.78, 5) is 0.329. The lowest BCUT2D eigenvalue weighted by Crippen LogP contribution is -2.09. The molecular formula is C12H16Br2O4S2. The van der Waals surface area contributed by atoms with Crippen molar-refractivity contribution in [1.82, 2.24) is 0 Å². The molecule has 8 heteroatoms. The smallest absolute Gasteiger partial charge is 0.178 e. The molecule has 0 N–H and O–H groups in total. The van der Waals surface area contributed by atoms with Crippen molar-refractivity contribution >= 4 is 51.5 Å². The molecule has 1 aromatic rings. The summed E-state index contributed by atoms with van der Waals surface area (Å²) in [6.07, 6.45) is 1.04. The van der Waals surface area contributed by atoms with Gasteiger partial charge in [-0.05, 0) is 37.1 Å². The second-order valence-corrected chi connectivity index (χ2v) is 10.00. The zero-order chi connectivity index (χ0) is 15.2. The van der Waals surface area contributed by atoms with E-state index >= 15 is 0 Å². The number of rotatable bonds is 8. The van der Waals surface area contributed by atoms with Crippen molar-refractivity contribution < 1.29 is 16.8 Å². The summed E-state index contributed by atoms with van der Waals surface area (Å²) in [5, 5.41) is 1.23. The van der Waals surface area contributed by atoms with Crippen LogP contribution in [-0.2, 0) is 19.7 Å². The van der Waals surface area contributed by atoms with E-state index in [1.54, 1.807) is 0 Å². The van der Waals surface area contributed by atoms with Crippen LogP contribution in [0, 0.1) is 0 Å². The monoisotopic (exact) mass is 446 g/mol. The molecule has 0 fully saturated rings. The van der Waals surface area contributed by atoms with Gasteiger partial charge in [-0.25, -0.2) is 16.8 Å². The summed E-state index contributed by atoms with van der Waals surface area (Å²) < 4.78 is 47.8. The van der Waals surface area contributed by atoms with Gasteiger partial charge in [-0.1, -0.05) is 31.9 Å². The fraction of sp³-hybridized carbons (Fsp3) is 0.500. The van der Waals surface area contributed by atoms with Crippen LogP contribution >= 0.6 is 31.9 Å². The number of benzene rings is 1. The largest absolute Gasteiger partial charge is 0.224 e. The minimum Gasteiger partial charge on any atom is -0.224 e. The van der Waals surface area contributed by atoms with Gasteiger partial charge < -0.3 is 0 Å². The second kappa shape index (κ2) is 7.91. The van der Waals surface area contributed by atoms with E-state index in [0.29, 0.717) is 23.5 Å². The Morgan fingerprint density at radius 1 is 0.700 bits per heavy atom. The molecule has 0 heterocycles. The van der Waals surface area contributed by atoms with Crippen molar-refractivity contribution in [3.8, 4) is 0 Å². The molecule has 0 aliphatic heterocycles. The lowest BCUT2D eigenvalue weighted by atomic mass is 10.4. The van der Waals surface area contributed by atoms with E-state index in [1.807, 2.05) is 0 Å². The number of sulfone groups is 2. The molecule has 4 nitrogen and oxygen atoms in total. The van der Waals surface area contributed by atoms with Gasteiger partial charge in [0, 0.05) is 10.7 Å². The molecule has 0 saturated heterocycles. The molecule has 1 aromatic carbocycles. The van der Waals surface area contributed by atoms with Gasteiger partial charge in [-0.2, -0.15) is 0 Å². The first-order chi connectivity index (χ1) is 9.33. The fourth-order valence-corrected chi connectivity index (χ4v) is 5.50. The van der Waals surface area contributed by atoms with Crippen LogP contribution in [0.4, 0.5) is 0 Å². The zero-order valence-electron chi connectivity index (χ0n) is 10.8. The van der Waals surface area contributed by atoms with Crippen LogP contribution in [0.3, 0.4) is 0 Å². The van der Waals surface area contributed by atoms with E-state index in [1.165, 1.54) is 24.3 Å². The number of hydrogen-bond acceptors (Lipinski definition) is 4. The third-order valence-corrected chi connectivity index (χ3v) is 7.39. The van der Waals surface area contributed by atoms with E-state index in [0.717, 1.165) is 0 Å². The summed E-state index contributed by atoms with van der Waals surface area (Å²) in [5.41, 5.74) is 0. The molecule has 0 atom stereocenters. The van der Waals surface area contributed by atoms with E-state index in [9.17, 15) is 16.8 Å². The van der Waals surface area contributed by atoms with Crippen molar-refractivity contribution in [2.45, 2.75) is 22.6 Å². The zero-order valence-corrected chi connectivity index (χ0v) is 15.6. The first kappa shape index (κ1) is 18.1. The lowest BCUT2D eigenvalue weighted by Gasteiger charge is -2.06. The Bertz CT molecular complexity index is 565. The van der Waals surface area contributed by atoms with Crippen LogP contribution < -0.4 is 0 Å². The Hall–Kier alpha value is 0.0800. The van der Waals surface area contributed by atoms with E-state index in [4.69, 9.17) is 0 Å². The highest BCUT2D eigenvalue weighted by Crippen LogP contribution is 2.18. The van der Waals surface area contributed by atoms with Gasteiger partial charge in [0.15, 0.2) is 19.7 Å². The highest BCUT2D eigenvalue weighted by atomic mass is 79.9. The van der Waals surface area contributed by atoms with Crippen LogP contribution in [0.15, 0.2) is 34.1 Å². The molecule has 0 saturated carbocycles. The highest BCUT2D eigenvalue weighted by Gasteiger charge is 2.17. The minimum atomic E-state index is -3.33. The van der Waals surface area contributed by atoms with Gasteiger partial charge in [-0.15, -0.1) is 0 Å². The topological polar surface area (TPSA) is 68.3 Å². The first-order valence-corrected chi connectivity index (χ1v) is 11.6. The summed E-state index contributed by atoms with van der Waals surface area (Å²) in [7, 11) is -6.67. The van der Waals surface area contributed by atoms with E-state index in [-0.39, 0.29) is 21.3 Å². The Balaban J connectivity index is 2.94. The maximum absolute atomic E-state index is 11.9. The van der Waals surface area contributed by atoms with Crippen molar-refractivity contribution in [2.75, 3.05) is 22.2 Å². The molecule has 0 unspecified atom stereocenters. The van der Waals surface area contributed by atoms with Gasteiger partial charge in [0.1, 0.15) is 0 Å². The molecule has 0 aliphatic carbocycles. The first-order valence-electron chi connectivity index (χ1n) is 6.01. The van der Waals surface area contributed by atoms with Crippen LogP contribution in [0.25, 0.3) is 0 Å². The molecular weight excluding hydrogens is 432 g/mol. The number of halogens is 2. The molecule has 20 heavy (non-hydrogen) atoms. The number of hydrogen-bond donors (Lipinski definition) is 0. The Morgan fingerprint density at radius 3 is 1.25 bits per heavy atom. The Morgan fingerprint density at radius 2 is 1.00 bits per heavy atom. The standard InChI is InChI=1S/C12H16Br2O4S2/c13-7-1-9-19(15,16)11-3-5-12(6-4-11)20(17,18)10-2-8-14/h3-6H,1-2,7-10H2. The summed E-state index contributed by atoms with van der Waals surface area (Å²) >= 11 is 6.38. The quantitative estimate of drug-likeness (QED) is 0.574. The molecule has 0 radical (unpaired) electrons. The molecule has 0 aliphatic rings. The minimum absolute atomic E-state index is 0.0495. The van der Waals surface area contributed by atoms with Gasteiger partial charge in [0.25, 0.3) is 0 Å². The predicted molar refractivity (Wildman–Crippen MR) is 87.4 cm³/mol.